The molecule has 109 heavy (non-hydrogen) atoms. The normalized spacial score (nSPS) is 16.4. The number of carbonyl (C=O) groups excluding carboxylic acids is 1. The van der Waals surface area contributed by atoms with E-state index in [1.807, 2.05) is 97.1 Å². The maximum atomic E-state index is 14.7. The van der Waals surface area contributed by atoms with E-state index in [9.17, 15) is 53.8 Å². The van der Waals surface area contributed by atoms with Crippen LogP contribution in [0.1, 0.15) is 40.7 Å². The van der Waals surface area contributed by atoms with Crippen LogP contribution in [0.4, 0.5) is 43.9 Å². The lowest BCUT2D eigenvalue weighted by Gasteiger charge is -2.37. The number of nitrogens with two attached hydrogens (primary N) is 1. The molecule has 4 atom stereocenters. The highest BCUT2D eigenvalue weighted by Crippen LogP contribution is 2.45. The van der Waals surface area contributed by atoms with Crippen LogP contribution in [0, 0.1) is 11.6 Å². The number of amidine groups is 1. The van der Waals surface area contributed by atoms with Gasteiger partial charge in [0.05, 0.1) is 6.42 Å². The monoisotopic (exact) mass is 1700 g/mol. The number of rotatable bonds is 13. The molecule has 0 unspecified atom stereocenters. The zero-order chi connectivity index (χ0) is 79.2. The van der Waals surface area contributed by atoms with E-state index in [0.29, 0.717) is 41.9 Å². The van der Waals surface area contributed by atoms with Crippen LogP contribution in [0.25, 0.3) is 33.4 Å². The molecule has 0 fully saturated rings. The van der Waals surface area contributed by atoms with Gasteiger partial charge in [-0.05, 0) is 118 Å². The predicted octanol–water partition coefficient (Wildman–Crippen LogP) is 21.5. The summed E-state index contributed by atoms with van der Waals surface area (Å²) in [6.07, 6.45) is -17.4. The summed E-state index contributed by atoms with van der Waals surface area (Å²) in [4.78, 5) is 35.6. The fourth-order valence-corrected chi connectivity index (χ4v) is 12.7. The molecule has 0 aliphatic carbocycles. The van der Waals surface area contributed by atoms with Crippen LogP contribution in [-0.2, 0) is 20.6 Å². The zero-order valence-corrected chi connectivity index (χ0v) is 62.7. The number of hydrogen-bond donors (Lipinski definition) is 4. The Morgan fingerprint density at radius 2 is 0.872 bits per heavy atom. The zero-order valence-electron chi connectivity index (χ0n) is 55.8. The molecule has 566 valence electrons. The summed E-state index contributed by atoms with van der Waals surface area (Å²) in [6.45, 7) is -2.93. The minimum absolute atomic E-state index is 0.0122. The SMILES string of the molecule is Clc1cc(-c2ccccc2)cc(Cl)n1.Clc1cc(-c2ccccc2)cc(Cl)n1.Clc1cc(Br)cc(Cl)n1.NC1=N[C@](CF)(c2cc(Oc3cc(-c4ccccc4)cc(Cl)n3)ccc2F)C[C@@H](C(F)(F)F)O1.O=C(CC1=N[C@](CF)(c2cc(O)ccc2F)C[C@@H](C(F)(F)F)O1)c1ccccc1.OB(O)c1ccccc1. The number of hydrogen-bond acceptors (Lipinski definition) is 14. The van der Waals surface area contributed by atoms with Crippen molar-refractivity contribution in [2.45, 2.75) is 54.9 Å². The second-order valence-electron chi connectivity index (χ2n) is 23.2. The molecule has 13 rings (SSSR count). The van der Waals surface area contributed by atoms with Gasteiger partial charge in [0.25, 0.3) is 6.02 Å². The number of carbonyl (C=O) groups is 1. The number of pyridine rings is 4. The van der Waals surface area contributed by atoms with Gasteiger partial charge >= 0.3 is 19.5 Å². The molecule has 6 heterocycles. The summed E-state index contributed by atoms with van der Waals surface area (Å²) in [7, 11) is -1.34. The summed E-state index contributed by atoms with van der Waals surface area (Å²) < 4.78 is 153. The molecule has 7 aromatic carbocycles. The first-order valence-electron chi connectivity index (χ1n) is 31.7. The van der Waals surface area contributed by atoms with Crippen LogP contribution in [0.5, 0.6) is 17.4 Å². The van der Waals surface area contributed by atoms with Crippen molar-refractivity contribution < 1.29 is 78.1 Å². The molecule has 0 radical (unpaired) electrons. The van der Waals surface area contributed by atoms with Crippen molar-refractivity contribution in [3.63, 3.8) is 0 Å². The number of nitrogens with zero attached hydrogens (tertiary/aromatic N) is 6. The number of aromatic nitrogens is 4. The van der Waals surface area contributed by atoms with Crippen molar-refractivity contribution in [2.24, 2.45) is 15.7 Å². The largest absolute Gasteiger partial charge is 0.508 e. The van der Waals surface area contributed by atoms with Crippen LogP contribution >= 0.6 is 97.1 Å². The number of aromatic hydroxyl groups is 1. The Morgan fingerprint density at radius 1 is 0.495 bits per heavy atom. The summed E-state index contributed by atoms with van der Waals surface area (Å²) >= 11 is 43.6. The molecule has 0 spiro atoms. The minimum atomic E-state index is -4.90. The molecule has 0 saturated heterocycles. The number of ketones is 1. The number of phenolic OH excluding ortho intramolecular Hbond substituents is 1. The second kappa shape index (κ2) is 39.5. The number of ether oxygens (including phenoxy) is 3. The Balaban J connectivity index is 0.000000177. The third-order valence-electron chi connectivity index (χ3n) is 15.4. The first kappa shape index (κ1) is 85.6. The van der Waals surface area contributed by atoms with Gasteiger partial charge in [-0.3, -0.25) is 4.79 Å². The van der Waals surface area contributed by atoms with Crippen LogP contribution in [0.2, 0.25) is 36.1 Å². The van der Waals surface area contributed by atoms with Gasteiger partial charge in [0.1, 0.15) is 83.6 Å². The number of alkyl halides is 8. The lowest BCUT2D eigenvalue weighted by atomic mass is 9.81. The quantitative estimate of drug-likeness (QED) is 0.0368. The van der Waals surface area contributed by atoms with E-state index in [0.717, 1.165) is 62.6 Å². The van der Waals surface area contributed by atoms with Gasteiger partial charge in [-0.2, -0.15) is 26.3 Å². The highest BCUT2D eigenvalue weighted by molar-refractivity contribution is 9.10. The first-order chi connectivity index (χ1) is 51.7. The standard InChI is InChI=1S/C23H17ClF5N3O2.C20H16F5NO3.2C11H7Cl2N.C6H7BO2.C5H2BrCl2N/c24-19-8-14(13-4-2-1-3-5-13)9-20(31-19)33-15-6-7-17(26)16(10-15)22(12-25)11-18(23(27,28)29)34-21(30)32-22;21-11-19(14-8-13(27)6-7-15(14)22)10-17(20(23,24)25)29-18(26-19)9-16(28)12-4-2-1-3-5-12;2*12-10-6-9(7-11(13)14-10)8-4-2-1-3-5-8;8-7(9)6-4-2-1-3-5-6;6-3-1-4(7)9-5(8)2-3/h1-10,18H,11-12H2,(H2,30,32);1-8,17,27H,9-11H2;2*1-7H;1-5,8-9H;1-2H/t18-,22+;17-,19+;;;;/m00..../s1. The first-order valence-corrected chi connectivity index (χ1v) is 35.2. The van der Waals surface area contributed by atoms with Crippen molar-refractivity contribution in [1.82, 2.24) is 19.9 Å². The Bertz CT molecular complexity index is 4740. The third kappa shape index (κ3) is 25.5. The van der Waals surface area contributed by atoms with Gasteiger partial charge in [0, 0.05) is 40.1 Å². The van der Waals surface area contributed by atoms with E-state index < -0.39 is 122 Å². The minimum Gasteiger partial charge on any atom is -0.508 e. The molecule has 0 saturated carbocycles. The maximum absolute atomic E-state index is 14.7. The van der Waals surface area contributed by atoms with Crippen molar-refractivity contribution in [1.29, 1.82) is 0 Å². The number of phenols is 1. The molecule has 2 aliphatic heterocycles. The second-order valence-corrected chi connectivity index (χ2v) is 26.8. The smallest absolute Gasteiger partial charge is 0.488 e. The molecular formula is C76H56BBrCl7F10N7O7. The van der Waals surface area contributed by atoms with Crippen LogP contribution in [-0.4, -0.2) is 97.8 Å². The number of Topliss-reactive ketones (excluding diaryl/α,β-unsaturated/α-hetero) is 1. The van der Waals surface area contributed by atoms with Gasteiger partial charge in [-0.25, -0.2) is 47.5 Å². The van der Waals surface area contributed by atoms with Gasteiger partial charge < -0.3 is 35.1 Å². The van der Waals surface area contributed by atoms with Crippen LogP contribution in [0.3, 0.4) is 0 Å². The van der Waals surface area contributed by atoms with E-state index in [4.69, 9.17) is 106 Å². The van der Waals surface area contributed by atoms with E-state index in [1.54, 1.807) is 91.0 Å². The predicted molar refractivity (Wildman–Crippen MR) is 408 cm³/mol. The van der Waals surface area contributed by atoms with Crippen molar-refractivity contribution >= 4 is 127 Å². The molecule has 33 heteroatoms. The summed E-state index contributed by atoms with van der Waals surface area (Å²) in [6, 6.07) is 64.1. The van der Waals surface area contributed by atoms with Gasteiger partial charge in [-0.1, -0.05) is 249 Å². The van der Waals surface area contributed by atoms with E-state index in [-0.39, 0.29) is 22.3 Å². The average Bonchev–Trinajstić information content (AvgIpc) is 0.763. The molecule has 5 N–H and O–H groups in total. The summed E-state index contributed by atoms with van der Waals surface area (Å²) in [5.74, 6) is -3.66. The Hall–Kier alpha value is -9.06. The topological polar surface area (TPSA) is 208 Å². The van der Waals surface area contributed by atoms with E-state index in [2.05, 4.69) is 50.6 Å². The molecule has 0 amide bonds. The van der Waals surface area contributed by atoms with Gasteiger partial charge in [0.2, 0.25) is 5.88 Å². The fourth-order valence-electron chi connectivity index (χ4n) is 10.4. The van der Waals surface area contributed by atoms with E-state index in [1.165, 1.54) is 18.2 Å². The van der Waals surface area contributed by atoms with Crippen molar-refractivity contribution in [2.75, 3.05) is 13.3 Å². The van der Waals surface area contributed by atoms with Crippen LogP contribution < -0.4 is 15.9 Å². The Kier molecular flexibility index (Phi) is 31.0. The Labute approximate surface area is 661 Å². The molecular weight excluding hydrogens is 1650 g/mol. The third-order valence-corrected chi connectivity index (χ3v) is 17.2. The molecule has 11 aromatic rings. The Morgan fingerprint density at radius 3 is 1.28 bits per heavy atom. The lowest BCUT2D eigenvalue weighted by molar-refractivity contribution is -0.209. The molecule has 14 nitrogen and oxygen atoms in total. The van der Waals surface area contributed by atoms with Crippen molar-refractivity contribution in [3.8, 4) is 50.8 Å². The summed E-state index contributed by atoms with van der Waals surface area (Å²) in [5, 5.41) is 29.3. The average molecular weight is 1710 g/mol. The highest BCUT2D eigenvalue weighted by atomic mass is 79.9. The lowest BCUT2D eigenvalue weighted by Crippen LogP contribution is -2.48. The van der Waals surface area contributed by atoms with E-state index >= 15 is 0 Å². The van der Waals surface area contributed by atoms with Gasteiger partial charge in [0.15, 0.2) is 23.9 Å². The highest BCUT2D eigenvalue weighted by Gasteiger charge is 2.54. The molecule has 4 aromatic heterocycles. The molecule has 2 aliphatic rings. The van der Waals surface area contributed by atoms with Crippen molar-refractivity contribution in [3.05, 3.63) is 305 Å². The van der Waals surface area contributed by atoms with Crippen LogP contribution in [0.15, 0.2) is 251 Å². The van der Waals surface area contributed by atoms with Gasteiger partial charge in [-0.15, -0.1) is 0 Å². The fraction of sp³-hybridized carbons (Fsp3) is 0.145. The number of halogens is 18. The number of benzene rings is 7. The summed E-state index contributed by atoms with van der Waals surface area (Å²) in [5.41, 5.74) is 6.25. The number of aliphatic imine (C=N–C) groups is 2. The maximum Gasteiger partial charge on any atom is 0.488 e. The molecule has 0 bridgehead atoms.